The molecular formula is C14H8F4O3. The number of benzene rings is 2. The maximum absolute atomic E-state index is 13.8. The molecular weight excluding hydrogens is 292 g/mol. The summed E-state index contributed by atoms with van der Waals surface area (Å²) in [5, 5.41) is 9.03. The molecule has 3 nitrogen and oxygen atoms in total. The van der Waals surface area contributed by atoms with Crippen molar-refractivity contribution in [2.45, 2.75) is 6.36 Å². The first-order valence-electron chi connectivity index (χ1n) is 5.66. The maximum Gasteiger partial charge on any atom is 0.573 e. The van der Waals surface area contributed by atoms with Gasteiger partial charge in [-0.05, 0) is 29.8 Å². The highest BCUT2D eigenvalue weighted by Gasteiger charge is 2.31. The van der Waals surface area contributed by atoms with Crippen LogP contribution in [0.15, 0.2) is 42.5 Å². The number of carbonyl (C=O) groups is 1. The Balaban J connectivity index is 2.53. The van der Waals surface area contributed by atoms with Gasteiger partial charge in [0.05, 0.1) is 5.56 Å². The van der Waals surface area contributed by atoms with Crippen LogP contribution in [0.1, 0.15) is 10.4 Å². The third-order valence-electron chi connectivity index (χ3n) is 2.60. The lowest BCUT2D eigenvalue weighted by Gasteiger charge is -2.12. The third-order valence-corrected chi connectivity index (χ3v) is 2.60. The van der Waals surface area contributed by atoms with Gasteiger partial charge < -0.3 is 9.84 Å². The van der Waals surface area contributed by atoms with Gasteiger partial charge in [-0.1, -0.05) is 18.2 Å². The van der Waals surface area contributed by atoms with E-state index in [2.05, 4.69) is 4.74 Å². The van der Waals surface area contributed by atoms with E-state index in [9.17, 15) is 22.4 Å². The molecule has 0 unspecified atom stereocenters. The largest absolute Gasteiger partial charge is 0.573 e. The fourth-order valence-electron chi connectivity index (χ4n) is 1.84. The molecule has 110 valence electrons. The zero-order chi connectivity index (χ0) is 15.6. The molecule has 0 fully saturated rings. The van der Waals surface area contributed by atoms with Gasteiger partial charge in [-0.25, -0.2) is 9.18 Å². The van der Waals surface area contributed by atoms with Gasteiger partial charge in [-0.15, -0.1) is 13.2 Å². The Morgan fingerprint density at radius 2 is 1.76 bits per heavy atom. The van der Waals surface area contributed by atoms with Crippen molar-refractivity contribution in [2.75, 3.05) is 0 Å². The standard InChI is InChI=1S/C14H8F4O3/c15-11-6-2-5-10(13(19)20)12(11)8-3-1-4-9(7-8)21-14(16,17)18/h1-7H,(H,19,20). The Labute approximate surface area is 116 Å². The fraction of sp³-hybridized carbons (Fsp3) is 0.0714. The van der Waals surface area contributed by atoms with Crippen LogP contribution in [0, 0.1) is 5.82 Å². The molecule has 0 aliphatic rings. The minimum absolute atomic E-state index is 0.0211. The van der Waals surface area contributed by atoms with Gasteiger partial charge in [0.25, 0.3) is 0 Å². The van der Waals surface area contributed by atoms with Crippen molar-refractivity contribution in [1.82, 2.24) is 0 Å². The molecule has 0 radical (unpaired) electrons. The normalized spacial score (nSPS) is 11.2. The van der Waals surface area contributed by atoms with E-state index in [1.807, 2.05) is 0 Å². The number of alkyl halides is 3. The van der Waals surface area contributed by atoms with Crippen LogP contribution < -0.4 is 4.74 Å². The van der Waals surface area contributed by atoms with Crippen LogP contribution in [-0.2, 0) is 0 Å². The van der Waals surface area contributed by atoms with Gasteiger partial charge in [0.2, 0.25) is 0 Å². The predicted molar refractivity (Wildman–Crippen MR) is 65.5 cm³/mol. The average molecular weight is 300 g/mol. The number of carboxylic acids is 1. The lowest BCUT2D eigenvalue weighted by atomic mass is 9.99. The Kier molecular flexibility index (Phi) is 3.84. The topological polar surface area (TPSA) is 46.5 Å². The summed E-state index contributed by atoms with van der Waals surface area (Å²) in [5.74, 6) is -2.79. The van der Waals surface area contributed by atoms with Crippen LogP contribution >= 0.6 is 0 Å². The van der Waals surface area contributed by atoms with Crippen molar-refractivity contribution in [3.8, 4) is 16.9 Å². The number of rotatable bonds is 3. The average Bonchev–Trinajstić information content (AvgIpc) is 2.36. The van der Waals surface area contributed by atoms with Crippen molar-refractivity contribution < 1.29 is 32.2 Å². The van der Waals surface area contributed by atoms with Gasteiger partial charge in [0.1, 0.15) is 11.6 Å². The van der Waals surface area contributed by atoms with E-state index in [1.54, 1.807) is 0 Å². The lowest BCUT2D eigenvalue weighted by Crippen LogP contribution is -2.17. The van der Waals surface area contributed by atoms with Gasteiger partial charge in [-0.2, -0.15) is 0 Å². The molecule has 1 N–H and O–H groups in total. The summed E-state index contributed by atoms with van der Waals surface area (Å²) in [6, 6.07) is 7.88. The van der Waals surface area contributed by atoms with E-state index in [1.165, 1.54) is 18.2 Å². The van der Waals surface area contributed by atoms with Crippen LogP contribution in [-0.4, -0.2) is 17.4 Å². The highest BCUT2D eigenvalue weighted by molar-refractivity contribution is 5.96. The summed E-state index contributed by atoms with van der Waals surface area (Å²) in [6.07, 6.45) is -4.89. The summed E-state index contributed by atoms with van der Waals surface area (Å²) in [7, 11) is 0. The van der Waals surface area contributed by atoms with E-state index in [4.69, 9.17) is 5.11 Å². The smallest absolute Gasteiger partial charge is 0.478 e. The van der Waals surface area contributed by atoms with Gasteiger partial charge in [0, 0.05) is 5.56 Å². The van der Waals surface area contributed by atoms with E-state index in [-0.39, 0.29) is 16.7 Å². The molecule has 0 aliphatic heterocycles. The van der Waals surface area contributed by atoms with Gasteiger partial charge >= 0.3 is 12.3 Å². The summed E-state index contributed by atoms with van der Waals surface area (Å²) < 4.78 is 54.1. The maximum atomic E-state index is 13.8. The summed E-state index contributed by atoms with van der Waals surface area (Å²) in [6.45, 7) is 0. The summed E-state index contributed by atoms with van der Waals surface area (Å²) in [4.78, 5) is 11.1. The van der Waals surface area contributed by atoms with Crippen LogP contribution in [0.4, 0.5) is 17.6 Å². The van der Waals surface area contributed by atoms with E-state index < -0.39 is 23.9 Å². The number of hydrogen-bond acceptors (Lipinski definition) is 2. The fourth-order valence-corrected chi connectivity index (χ4v) is 1.84. The van der Waals surface area contributed by atoms with Crippen LogP contribution in [0.25, 0.3) is 11.1 Å². The van der Waals surface area contributed by atoms with E-state index in [0.29, 0.717) is 0 Å². The minimum atomic E-state index is -4.89. The van der Waals surface area contributed by atoms with Gasteiger partial charge in [-0.3, -0.25) is 0 Å². The van der Waals surface area contributed by atoms with Crippen molar-refractivity contribution in [3.05, 3.63) is 53.8 Å². The second kappa shape index (κ2) is 5.43. The van der Waals surface area contributed by atoms with E-state index in [0.717, 1.165) is 24.3 Å². The zero-order valence-corrected chi connectivity index (χ0v) is 10.3. The quantitative estimate of drug-likeness (QED) is 0.868. The van der Waals surface area contributed by atoms with Crippen LogP contribution in [0.5, 0.6) is 5.75 Å². The first-order chi connectivity index (χ1) is 9.78. The number of ether oxygens (including phenoxy) is 1. The molecule has 0 amide bonds. The molecule has 0 aromatic heterocycles. The molecule has 0 spiro atoms. The van der Waals surface area contributed by atoms with E-state index >= 15 is 0 Å². The summed E-state index contributed by atoms with van der Waals surface area (Å²) >= 11 is 0. The highest BCUT2D eigenvalue weighted by atomic mass is 19.4. The molecule has 0 atom stereocenters. The molecule has 2 aromatic carbocycles. The first kappa shape index (κ1) is 14.8. The molecule has 21 heavy (non-hydrogen) atoms. The second-order valence-corrected chi connectivity index (χ2v) is 4.04. The Morgan fingerprint density at radius 3 is 2.38 bits per heavy atom. The number of hydrogen-bond donors (Lipinski definition) is 1. The molecule has 7 heteroatoms. The molecule has 0 saturated carbocycles. The molecule has 2 aromatic rings. The van der Waals surface area contributed by atoms with Crippen molar-refractivity contribution in [1.29, 1.82) is 0 Å². The molecule has 0 aliphatic carbocycles. The molecule has 2 rings (SSSR count). The predicted octanol–water partition coefficient (Wildman–Crippen LogP) is 4.09. The number of halogens is 4. The third kappa shape index (κ3) is 3.50. The molecule has 0 saturated heterocycles. The Bertz CT molecular complexity index is 680. The molecule has 0 heterocycles. The lowest BCUT2D eigenvalue weighted by molar-refractivity contribution is -0.274. The Morgan fingerprint density at radius 1 is 1.10 bits per heavy atom. The first-order valence-corrected chi connectivity index (χ1v) is 5.66. The van der Waals surface area contributed by atoms with Crippen molar-refractivity contribution in [3.63, 3.8) is 0 Å². The van der Waals surface area contributed by atoms with Crippen LogP contribution in [0.3, 0.4) is 0 Å². The number of carboxylic acid groups (broad SMARTS) is 1. The van der Waals surface area contributed by atoms with Gasteiger partial charge in [0.15, 0.2) is 0 Å². The van der Waals surface area contributed by atoms with Crippen molar-refractivity contribution >= 4 is 5.97 Å². The minimum Gasteiger partial charge on any atom is -0.478 e. The number of aromatic carboxylic acids is 1. The highest BCUT2D eigenvalue weighted by Crippen LogP contribution is 2.31. The van der Waals surface area contributed by atoms with Crippen molar-refractivity contribution in [2.24, 2.45) is 0 Å². The summed E-state index contributed by atoms with van der Waals surface area (Å²) in [5.41, 5.74) is -0.663. The van der Waals surface area contributed by atoms with Crippen LogP contribution in [0.2, 0.25) is 0 Å². The second-order valence-electron chi connectivity index (χ2n) is 4.04. The monoisotopic (exact) mass is 300 g/mol. The molecule has 0 bridgehead atoms. The Hall–Kier alpha value is -2.57. The SMILES string of the molecule is O=C(O)c1cccc(F)c1-c1cccc(OC(F)(F)F)c1. The zero-order valence-electron chi connectivity index (χ0n) is 10.3.